The summed E-state index contributed by atoms with van der Waals surface area (Å²) < 4.78 is 0. The highest BCUT2D eigenvalue weighted by molar-refractivity contribution is 8.00. The van der Waals surface area contributed by atoms with Gasteiger partial charge in [0.1, 0.15) is 0 Å². The molecule has 4 heteroatoms. The van der Waals surface area contributed by atoms with Crippen LogP contribution < -0.4 is 41.2 Å². The normalized spacial score (nSPS) is 13.7. The molecule has 281 valence electrons. The number of hydrogen-bond acceptors (Lipinski definition) is 2. The molecule has 10 aromatic rings. The Hall–Kier alpha value is -6.70. The van der Waals surface area contributed by atoms with Gasteiger partial charge in [0, 0.05) is 26.6 Å². The van der Waals surface area contributed by atoms with Gasteiger partial charge in [-0.15, -0.1) is 0 Å². The lowest BCUT2D eigenvalue weighted by atomic mass is 9.98. The van der Waals surface area contributed by atoms with E-state index in [9.17, 15) is 0 Å². The van der Waals surface area contributed by atoms with Crippen molar-refractivity contribution in [2.45, 2.75) is 9.79 Å². The molecule has 12 rings (SSSR count). The van der Waals surface area contributed by atoms with Crippen molar-refractivity contribution >= 4 is 104 Å². The maximum atomic E-state index is 2.63. The third kappa shape index (κ3) is 5.38. The van der Waals surface area contributed by atoms with E-state index in [4.69, 9.17) is 0 Å². The van der Waals surface area contributed by atoms with Crippen molar-refractivity contribution in [2.24, 2.45) is 0 Å². The maximum absolute atomic E-state index is 2.88. The monoisotopic (exact) mass is 812 g/mol. The van der Waals surface area contributed by atoms with Crippen LogP contribution in [-0.2, 0) is 0 Å². The molecule has 2 aliphatic heterocycles. The standard InChI is InChI=1S/C56H38NSSi2/c1-3-17-39(18-4-1)40-31-33-42(34-32-40)57(48-37-41-19-7-8-22-45(41)46-23-9-10-24-47(46)48)43-35-36-52-56(38-43)60(53-28-14-11-25-49(53)58-50-26-12-15-29-54(50)60)55-30-16-13-27-51(55)59(52)44-20-5-2-6-21-44/h1-38H. The minimum Gasteiger partial charge on any atom is -0.310 e. The highest BCUT2D eigenvalue weighted by Crippen LogP contribution is 2.43. The maximum Gasteiger partial charge on any atom is 0.181 e. The van der Waals surface area contributed by atoms with Crippen LogP contribution in [-0.4, -0.2) is 16.9 Å². The minimum atomic E-state index is -2.88. The van der Waals surface area contributed by atoms with Gasteiger partial charge in [0.05, 0.1) is 5.69 Å². The molecular formula is C56H38NSSi2. The predicted octanol–water partition coefficient (Wildman–Crippen LogP) is 9.80. The number of nitrogens with zero attached hydrogens (tertiary/aromatic N) is 1. The molecule has 0 amide bonds. The summed E-state index contributed by atoms with van der Waals surface area (Å²) in [6.45, 7) is 0. The second-order valence-corrected chi connectivity index (χ2v) is 22.9. The molecule has 0 N–H and O–H groups in total. The molecule has 1 nitrogen and oxygen atoms in total. The Labute approximate surface area is 357 Å². The lowest BCUT2D eigenvalue weighted by molar-refractivity contribution is 1.30. The van der Waals surface area contributed by atoms with Gasteiger partial charge in [-0.2, -0.15) is 0 Å². The van der Waals surface area contributed by atoms with Crippen LogP contribution >= 0.6 is 11.8 Å². The van der Waals surface area contributed by atoms with E-state index in [1.807, 2.05) is 11.8 Å². The molecule has 0 aliphatic carbocycles. The van der Waals surface area contributed by atoms with Gasteiger partial charge >= 0.3 is 0 Å². The third-order valence-corrected chi connectivity index (χ3v) is 22.4. The van der Waals surface area contributed by atoms with Gasteiger partial charge in [0.25, 0.3) is 0 Å². The van der Waals surface area contributed by atoms with E-state index in [0.29, 0.717) is 0 Å². The lowest BCUT2D eigenvalue weighted by Crippen LogP contribution is -2.87. The predicted molar refractivity (Wildman–Crippen MR) is 260 cm³/mol. The van der Waals surface area contributed by atoms with Crippen LogP contribution in [0.1, 0.15) is 0 Å². The van der Waals surface area contributed by atoms with Gasteiger partial charge in [-0.3, -0.25) is 0 Å². The van der Waals surface area contributed by atoms with Crippen molar-refractivity contribution in [2.75, 3.05) is 4.90 Å². The van der Waals surface area contributed by atoms with E-state index in [2.05, 4.69) is 235 Å². The van der Waals surface area contributed by atoms with Crippen molar-refractivity contribution in [1.82, 2.24) is 0 Å². The summed E-state index contributed by atoms with van der Waals surface area (Å²) in [5, 5.41) is 15.5. The molecule has 10 aromatic carbocycles. The first-order chi connectivity index (χ1) is 29.8. The van der Waals surface area contributed by atoms with Gasteiger partial charge in [-0.05, 0) is 90.5 Å². The fourth-order valence-corrected chi connectivity index (χ4v) is 21.7. The average molecular weight is 813 g/mol. The molecule has 0 saturated heterocycles. The molecule has 2 aliphatic rings. The van der Waals surface area contributed by atoms with E-state index in [1.165, 1.54) is 90.1 Å². The number of rotatable bonds is 5. The van der Waals surface area contributed by atoms with Crippen LogP contribution in [0.4, 0.5) is 17.1 Å². The number of fused-ring (bicyclic) bond motifs is 11. The van der Waals surface area contributed by atoms with Crippen LogP contribution in [0.25, 0.3) is 32.7 Å². The highest BCUT2D eigenvalue weighted by atomic mass is 32.2. The van der Waals surface area contributed by atoms with E-state index in [-0.39, 0.29) is 0 Å². The van der Waals surface area contributed by atoms with Crippen molar-refractivity contribution < 1.29 is 0 Å². The molecule has 0 unspecified atom stereocenters. The first-order valence-electron chi connectivity index (χ1n) is 20.7. The van der Waals surface area contributed by atoms with E-state index >= 15 is 0 Å². The van der Waals surface area contributed by atoms with Crippen LogP contribution in [0.3, 0.4) is 0 Å². The topological polar surface area (TPSA) is 3.24 Å². The second-order valence-electron chi connectivity index (χ2n) is 15.8. The summed E-state index contributed by atoms with van der Waals surface area (Å²) in [7, 11) is -4.25. The zero-order chi connectivity index (χ0) is 39.6. The van der Waals surface area contributed by atoms with Crippen molar-refractivity contribution in [3.05, 3.63) is 231 Å². The Morgan fingerprint density at radius 3 is 1.63 bits per heavy atom. The zero-order valence-corrected chi connectivity index (χ0v) is 35.6. The molecule has 0 bridgehead atoms. The second kappa shape index (κ2) is 14.2. The fourth-order valence-electron chi connectivity index (χ4n) is 10.1. The lowest BCUT2D eigenvalue weighted by Gasteiger charge is -2.46. The van der Waals surface area contributed by atoms with E-state index < -0.39 is 16.9 Å². The largest absolute Gasteiger partial charge is 0.310 e. The highest BCUT2D eigenvalue weighted by Gasteiger charge is 2.53. The van der Waals surface area contributed by atoms with Crippen molar-refractivity contribution in [3.8, 4) is 11.1 Å². The molecule has 0 atom stereocenters. The summed E-state index contributed by atoms with van der Waals surface area (Å²) in [6, 6.07) is 87.1. The molecular weight excluding hydrogens is 775 g/mol. The SMILES string of the molecule is c1ccc(-c2ccc(N(c3ccc4c(c3)[Si]3(c5ccccc5Sc5ccccc53)c3ccccc3[Si]4c3ccccc3)c3cc4ccccc4c4ccccc34)cc2)cc1. The Kier molecular flexibility index (Phi) is 8.37. The summed E-state index contributed by atoms with van der Waals surface area (Å²) in [4.78, 5) is 5.29. The Bertz CT molecular complexity index is 3210. The summed E-state index contributed by atoms with van der Waals surface area (Å²) in [6.07, 6.45) is 0. The number of hydrogen-bond donors (Lipinski definition) is 0. The summed E-state index contributed by atoms with van der Waals surface area (Å²) in [5.41, 5.74) is 5.91. The zero-order valence-electron chi connectivity index (χ0n) is 32.8. The Balaban J connectivity index is 1.19. The Morgan fingerprint density at radius 1 is 0.367 bits per heavy atom. The van der Waals surface area contributed by atoms with Gasteiger partial charge in [-0.25, -0.2) is 0 Å². The molecule has 1 radical (unpaired) electrons. The minimum absolute atomic E-state index is 1.13. The molecule has 60 heavy (non-hydrogen) atoms. The van der Waals surface area contributed by atoms with Crippen molar-refractivity contribution in [3.63, 3.8) is 0 Å². The van der Waals surface area contributed by atoms with E-state index in [1.54, 1.807) is 0 Å². The molecule has 0 saturated carbocycles. The molecule has 0 aromatic heterocycles. The van der Waals surface area contributed by atoms with Crippen molar-refractivity contribution in [1.29, 1.82) is 0 Å². The molecule has 1 spiro atoms. The average Bonchev–Trinajstić information content (AvgIpc) is 3.32. The molecule has 2 heterocycles. The Morgan fingerprint density at radius 2 is 0.900 bits per heavy atom. The van der Waals surface area contributed by atoms with Crippen LogP contribution in [0.15, 0.2) is 240 Å². The summed E-state index contributed by atoms with van der Waals surface area (Å²) >= 11 is 1.94. The van der Waals surface area contributed by atoms with Gasteiger partial charge < -0.3 is 4.90 Å². The van der Waals surface area contributed by atoms with Gasteiger partial charge in [0.15, 0.2) is 16.9 Å². The first-order valence-corrected chi connectivity index (χ1v) is 25.0. The van der Waals surface area contributed by atoms with Crippen LogP contribution in [0.5, 0.6) is 0 Å². The number of anilines is 3. The van der Waals surface area contributed by atoms with Crippen LogP contribution in [0, 0.1) is 0 Å². The molecule has 0 fully saturated rings. The quantitative estimate of drug-likeness (QED) is 0.126. The smallest absolute Gasteiger partial charge is 0.181 e. The van der Waals surface area contributed by atoms with E-state index in [0.717, 1.165) is 5.69 Å². The van der Waals surface area contributed by atoms with Gasteiger partial charge in [-0.1, -0.05) is 215 Å². The third-order valence-electron chi connectivity index (χ3n) is 12.6. The number of benzene rings is 10. The fraction of sp³-hybridized carbons (Fsp3) is 0. The van der Waals surface area contributed by atoms with Crippen LogP contribution in [0.2, 0.25) is 0 Å². The summed E-state index contributed by atoms with van der Waals surface area (Å²) in [5.74, 6) is 0. The first kappa shape index (κ1) is 35.3. The van der Waals surface area contributed by atoms with Gasteiger partial charge in [0.2, 0.25) is 0 Å².